The van der Waals surface area contributed by atoms with Crippen LogP contribution < -0.4 is 5.32 Å². The van der Waals surface area contributed by atoms with Crippen LogP contribution in [0.4, 0.5) is 4.39 Å². The van der Waals surface area contributed by atoms with Crippen molar-refractivity contribution in [2.45, 2.75) is 32.1 Å². The zero-order valence-corrected chi connectivity index (χ0v) is 14.2. The number of piperidine rings is 1. The van der Waals surface area contributed by atoms with E-state index in [0.29, 0.717) is 17.9 Å². The average molecular weight is 329 g/mol. The van der Waals surface area contributed by atoms with Gasteiger partial charge in [-0.15, -0.1) is 12.4 Å². The van der Waals surface area contributed by atoms with Crippen LogP contribution in [0.15, 0.2) is 24.3 Å². The standard InChI is InChI=1S/C17H25FN2O.ClH/c1-13(15-5-3-4-6-16(15)18)11-17(21)20-9-7-14(8-10-20)12-19-2;/h3-6,13-14,19H,7-12H2,1-2H3;1H. The largest absolute Gasteiger partial charge is 0.343 e. The molecule has 1 aliphatic rings. The fourth-order valence-electron chi connectivity index (χ4n) is 3.05. The van der Waals surface area contributed by atoms with Gasteiger partial charge in [0.1, 0.15) is 5.82 Å². The second-order valence-electron chi connectivity index (χ2n) is 6.01. The quantitative estimate of drug-likeness (QED) is 0.900. The molecule has 1 fully saturated rings. The minimum Gasteiger partial charge on any atom is -0.343 e. The Kier molecular flexibility index (Phi) is 7.83. The molecule has 3 nitrogen and oxygen atoms in total. The van der Waals surface area contributed by atoms with E-state index in [-0.39, 0.29) is 30.0 Å². The van der Waals surface area contributed by atoms with E-state index in [0.717, 1.165) is 32.5 Å². The van der Waals surface area contributed by atoms with Crippen molar-refractivity contribution in [2.24, 2.45) is 5.92 Å². The highest BCUT2D eigenvalue weighted by Gasteiger charge is 2.24. The zero-order chi connectivity index (χ0) is 15.2. The Labute approximate surface area is 138 Å². The van der Waals surface area contributed by atoms with E-state index < -0.39 is 0 Å². The summed E-state index contributed by atoms with van der Waals surface area (Å²) < 4.78 is 13.7. The highest BCUT2D eigenvalue weighted by atomic mass is 35.5. The predicted octanol–water partition coefficient (Wildman–Crippen LogP) is 3.20. The molecule has 0 aliphatic carbocycles. The number of hydrogen-bond acceptors (Lipinski definition) is 2. The first-order valence-corrected chi connectivity index (χ1v) is 7.78. The summed E-state index contributed by atoms with van der Waals surface area (Å²) in [6, 6.07) is 6.73. The van der Waals surface area contributed by atoms with Gasteiger partial charge in [-0.3, -0.25) is 4.79 Å². The second kappa shape index (κ2) is 9.11. The van der Waals surface area contributed by atoms with E-state index in [1.54, 1.807) is 12.1 Å². The summed E-state index contributed by atoms with van der Waals surface area (Å²) in [6.45, 7) is 4.60. The second-order valence-corrected chi connectivity index (χ2v) is 6.01. The summed E-state index contributed by atoms with van der Waals surface area (Å²) >= 11 is 0. The maximum absolute atomic E-state index is 13.7. The van der Waals surface area contributed by atoms with Gasteiger partial charge in [-0.25, -0.2) is 4.39 Å². The number of benzene rings is 1. The molecule has 1 atom stereocenters. The molecule has 22 heavy (non-hydrogen) atoms. The molecule has 5 heteroatoms. The van der Waals surface area contributed by atoms with Gasteiger partial charge in [-0.05, 0) is 49.9 Å². The number of carbonyl (C=O) groups is 1. The summed E-state index contributed by atoms with van der Waals surface area (Å²) in [5.41, 5.74) is 0.635. The molecule has 0 bridgehead atoms. The monoisotopic (exact) mass is 328 g/mol. The van der Waals surface area contributed by atoms with Crippen LogP contribution in [0.3, 0.4) is 0 Å². The van der Waals surface area contributed by atoms with Crippen molar-refractivity contribution in [3.63, 3.8) is 0 Å². The molecule has 0 spiro atoms. The Balaban J connectivity index is 0.00000242. The van der Waals surface area contributed by atoms with Crippen molar-refractivity contribution < 1.29 is 9.18 Å². The van der Waals surface area contributed by atoms with Gasteiger partial charge in [0.05, 0.1) is 0 Å². The number of likely N-dealkylation sites (tertiary alicyclic amines) is 1. The Morgan fingerprint density at radius 3 is 2.59 bits per heavy atom. The van der Waals surface area contributed by atoms with Gasteiger partial charge in [-0.2, -0.15) is 0 Å². The smallest absolute Gasteiger partial charge is 0.223 e. The van der Waals surface area contributed by atoms with Crippen LogP contribution in [-0.4, -0.2) is 37.5 Å². The van der Waals surface area contributed by atoms with Gasteiger partial charge < -0.3 is 10.2 Å². The molecule has 2 rings (SSSR count). The van der Waals surface area contributed by atoms with E-state index in [2.05, 4.69) is 5.32 Å². The van der Waals surface area contributed by atoms with E-state index in [1.807, 2.05) is 24.9 Å². The van der Waals surface area contributed by atoms with Crippen molar-refractivity contribution in [2.75, 3.05) is 26.7 Å². The number of hydrogen-bond donors (Lipinski definition) is 1. The topological polar surface area (TPSA) is 32.3 Å². The van der Waals surface area contributed by atoms with Gasteiger partial charge in [0.2, 0.25) is 5.91 Å². The fourth-order valence-corrected chi connectivity index (χ4v) is 3.05. The SMILES string of the molecule is CNCC1CCN(C(=O)CC(C)c2ccccc2F)CC1.Cl. The average Bonchev–Trinajstić information content (AvgIpc) is 2.48. The number of nitrogens with zero attached hydrogens (tertiary/aromatic N) is 1. The van der Waals surface area contributed by atoms with Gasteiger partial charge in [-0.1, -0.05) is 25.1 Å². The molecule has 1 aliphatic heterocycles. The van der Waals surface area contributed by atoms with Crippen LogP contribution in [0.2, 0.25) is 0 Å². The van der Waals surface area contributed by atoms with E-state index in [4.69, 9.17) is 0 Å². The summed E-state index contributed by atoms with van der Waals surface area (Å²) in [6.07, 6.45) is 2.50. The lowest BCUT2D eigenvalue weighted by atomic mass is 9.94. The van der Waals surface area contributed by atoms with Gasteiger partial charge in [0.25, 0.3) is 0 Å². The summed E-state index contributed by atoms with van der Waals surface area (Å²) in [7, 11) is 1.97. The van der Waals surface area contributed by atoms with Crippen molar-refractivity contribution in [1.29, 1.82) is 0 Å². The molecule has 1 unspecified atom stereocenters. The van der Waals surface area contributed by atoms with E-state index in [9.17, 15) is 9.18 Å². The lowest BCUT2D eigenvalue weighted by Gasteiger charge is -2.32. The molecule has 1 aromatic carbocycles. The van der Waals surface area contributed by atoms with Crippen LogP contribution in [-0.2, 0) is 4.79 Å². The first-order chi connectivity index (χ1) is 10.1. The third kappa shape index (κ3) is 4.96. The minimum atomic E-state index is -0.217. The maximum atomic E-state index is 13.7. The first-order valence-electron chi connectivity index (χ1n) is 7.78. The number of nitrogens with one attached hydrogen (secondary N) is 1. The first kappa shape index (κ1) is 18.9. The van der Waals surface area contributed by atoms with Crippen LogP contribution >= 0.6 is 12.4 Å². The Morgan fingerprint density at radius 2 is 2.00 bits per heavy atom. The number of rotatable bonds is 5. The zero-order valence-electron chi connectivity index (χ0n) is 13.3. The number of carbonyl (C=O) groups excluding carboxylic acids is 1. The summed E-state index contributed by atoms with van der Waals surface area (Å²) in [5.74, 6) is 0.524. The molecule has 0 aromatic heterocycles. The highest BCUT2D eigenvalue weighted by Crippen LogP contribution is 2.24. The molecule has 1 heterocycles. The van der Waals surface area contributed by atoms with Gasteiger partial charge >= 0.3 is 0 Å². The molecule has 124 valence electrons. The lowest BCUT2D eigenvalue weighted by Crippen LogP contribution is -2.40. The molecule has 0 saturated carbocycles. The number of halogens is 2. The Morgan fingerprint density at radius 1 is 1.36 bits per heavy atom. The van der Waals surface area contributed by atoms with Crippen molar-refractivity contribution in [3.05, 3.63) is 35.6 Å². The Hall–Kier alpha value is -1.13. The molecular formula is C17H26ClFN2O. The molecule has 1 saturated heterocycles. The maximum Gasteiger partial charge on any atom is 0.223 e. The van der Waals surface area contributed by atoms with Crippen molar-refractivity contribution >= 4 is 18.3 Å². The van der Waals surface area contributed by atoms with Gasteiger partial charge in [0.15, 0.2) is 0 Å². The Bertz CT molecular complexity index is 475. The summed E-state index contributed by atoms with van der Waals surface area (Å²) in [4.78, 5) is 14.3. The minimum absolute atomic E-state index is 0. The van der Waals surface area contributed by atoms with Crippen LogP contribution in [0, 0.1) is 11.7 Å². The van der Waals surface area contributed by atoms with Crippen LogP contribution in [0.5, 0.6) is 0 Å². The van der Waals surface area contributed by atoms with Crippen LogP contribution in [0.1, 0.15) is 37.7 Å². The van der Waals surface area contributed by atoms with Crippen molar-refractivity contribution in [1.82, 2.24) is 10.2 Å². The lowest BCUT2D eigenvalue weighted by molar-refractivity contribution is -0.132. The molecule has 0 radical (unpaired) electrons. The number of amides is 1. The predicted molar refractivity (Wildman–Crippen MR) is 89.9 cm³/mol. The third-order valence-electron chi connectivity index (χ3n) is 4.38. The van der Waals surface area contributed by atoms with E-state index in [1.165, 1.54) is 6.07 Å². The van der Waals surface area contributed by atoms with E-state index >= 15 is 0 Å². The molecule has 1 aromatic rings. The van der Waals surface area contributed by atoms with Crippen molar-refractivity contribution in [3.8, 4) is 0 Å². The molecule has 1 amide bonds. The highest BCUT2D eigenvalue weighted by molar-refractivity contribution is 5.85. The fraction of sp³-hybridized carbons (Fsp3) is 0.588. The van der Waals surface area contributed by atoms with Crippen LogP contribution in [0.25, 0.3) is 0 Å². The molecule has 1 N–H and O–H groups in total. The molecular weight excluding hydrogens is 303 g/mol. The summed E-state index contributed by atoms with van der Waals surface area (Å²) in [5, 5.41) is 3.20. The van der Waals surface area contributed by atoms with Gasteiger partial charge in [0, 0.05) is 19.5 Å². The normalized spacial score (nSPS) is 17.0. The third-order valence-corrected chi connectivity index (χ3v) is 4.38.